The van der Waals surface area contributed by atoms with Gasteiger partial charge in [-0.25, -0.2) is 0 Å². The standard InChI is InChI=1S/C16H14BrCl3O/c1-3-21-14-8-12(18)11(7-13(14)19)15(17)10-6-4-5-9(2)16(10)20/h4-8,15H,3H2,1-2H3. The van der Waals surface area contributed by atoms with E-state index in [2.05, 4.69) is 15.9 Å². The summed E-state index contributed by atoms with van der Waals surface area (Å²) < 4.78 is 5.44. The van der Waals surface area contributed by atoms with E-state index in [1.807, 2.05) is 38.1 Å². The molecule has 1 nitrogen and oxygen atoms in total. The fourth-order valence-electron chi connectivity index (χ4n) is 2.04. The van der Waals surface area contributed by atoms with Gasteiger partial charge < -0.3 is 4.74 Å². The van der Waals surface area contributed by atoms with Crippen molar-refractivity contribution in [1.29, 1.82) is 0 Å². The van der Waals surface area contributed by atoms with Gasteiger partial charge in [0.15, 0.2) is 0 Å². The van der Waals surface area contributed by atoms with Crippen LogP contribution in [-0.2, 0) is 0 Å². The molecular weight excluding hydrogens is 394 g/mol. The summed E-state index contributed by atoms with van der Waals surface area (Å²) in [5.41, 5.74) is 2.84. The third-order valence-corrected chi connectivity index (χ3v) is 5.24. The summed E-state index contributed by atoms with van der Waals surface area (Å²) in [7, 11) is 0. The van der Waals surface area contributed by atoms with E-state index in [9.17, 15) is 0 Å². The molecule has 0 bridgehead atoms. The Morgan fingerprint density at radius 2 is 1.81 bits per heavy atom. The zero-order valence-electron chi connectivity index (χ0n) is 11.6. The van der Waals surface area contributed by atoms with E-state index in [1.54, 1.807) is 6.07 Å². The first kappa shape index (κ1) is 17.0. The average Bonchev–Trinajstić information content (AvgIpc) is 2.45. The molecule has 0 heterocycles. The summed E-state index contributed by atoms with van der Waals surface area (Å²) in [6.07, 6.45) is 0. The van der Waals surface area contributed by atoms with Gasteiger partial charge in [0.1, 0.15) is 5.75 Å². The summed E-state index contributed by atoms with van der Waals surface area (Å²) in [5.74, 6) is 0.586. The Kier molecular flexibility index (Phi) is 5.84. The van der Waals surface area contributed by atoms with E-state index in [0.29, 0.717) is 22.4 Å². The molecule has 0 aliphatic rings. The van der Waals surface area contributed by atoms with Crippen molar-refractivity contribution in [3.8, 4) is 5.75 Å². The Morgan fingerprint density at radius 1 is 1.10 bits per heavy atom. The molecule has 0 saturated heterocycles. The van der Waals surface area contributed by atoms with Gasteiger partial charge in [-0.1, -0.05) is 68.9 Å². The molecule has 5 heteroatoms. The van der Waals surface area contributed by atoms with Gasteiger partial charge in [-0.15, -0.1) is 0 Å². The molecule has 1 atom stereocenters. The lowest BCUT2D eigenvalue weighted by Gasteiger charge is -2.17. The number of hydrogen-bond acceptors (Lipinski definition) is 1. The van der Waals surface area contributed by atoms with Gasteiger partial charge in [-0.2, -0.15) is 0 Å². The van der Waals surface area contributed by atoms with Crippen LogP contribution in [-0.4, -0.2) is 6.61 Å². The smallest absolute Gasteiger partial charge is 0.139 e. The number of hydrogen-bond donors (Lipinski definition) is 0. The molecule has 2 aromatic rings. The minimum Gasteiger partial charge on any atom is -0.492 e. The molecule has 0 aliphatic carbocycles. The lowest BCUT2D eigenvalue weighted by atomic mass is 10.0. The molecule has 0 saturated carbocycles. The van der Waals surface area contributed by atoms with Crippen molar-refractivity contribution < 1.29 is 4.74 Å². The van der Waals surface area contributed by atoms with Crippen molar-refractivity contribution >= 4 is 50.7 Å². The van der Waals surface area contributed by atoms with E-state index in [4.69, 9.17) is 39.5 Å². The van der Waals surface area contributed by atoms with Crippen LogP contribution in [0.3, 0.4) is 0 Å². The van der Waals surface area contributed by atoms with Crippen LogP contribution < -0.4 is 4.74 Å². The first-order valence-electron chi connectivity index (χ1n) is 6.46. The minimum atomic E-state index is -0.134. The molecule has 0 aromatic heterocycles. The third-order valence-electron chi connectivity index (χ3n) is 3.12. The van der Waals surface area contributed by atoms with E-state index < -0.39 is 0 Å². The molecule has 0 aliphatic heterocycles. The first-order valence-corrected chi connectivity index (χ1v) is 8.51. The molecule has 0 spiro atoms. The van der Waals surface area contributed by atoms with Crippen LogP contribution in [0.5, 0.6) is 5.75 Å². The summed E-state index contributed by atoms with van der Waals surface area (Å²) >= 11 is 22.6. The minimum absolute atomic E-state index is 0.134. The summed E-state index contributed by atoms with van der Waals surface area (Å²) in [6, 6.07) is 9.45. The SMILES string of the molecule is CCOc1cc(Cl)c(C(Br)c2cccc(C)c2Cl)cc1Cl. The van der Waals surface area contributed by atoms with Gasteiger partial charge in [0, 0.05) is 16.1 Å². The number of benzene rings is 2. The van der Waals surface area contributed by atoms with Crippen molar-refractivity contribution in [2.75, 3.05) is 6.61 Å². The van der Waals surface area contributed by atoms with Crippen LogP contribution >= 0.6 is 50.7 Å². The van der Waals surface area contributed by atoms with Crippen LogP contribution in [0, 0.1) is 6.92 Å². The van der Waals surface area contributed by atoms with E-state index in [1.165, 1.54) is 0 Å². The second-order valence-corrected chi connectivity index (χ2v) is 6.69. The van der Waals surface area contributed by atoms with Crippen molar-refractivity contribution in [3.05, 3.63) is 62.1 Å². The molecule has 0 radical (unpaired) electrons. The normalized spacial score (nSPS) is 12.3. The van der Waals surface area contributed by atoms with Crippen molar-refractivity contribution in [2.45, 2.75) is 18.7 Å². The Hall–Kier alpha value is -0.410. The Labute approximate surface area is 148 Å². The predicted molar refractivity (Wildman–Crippen MR) is 94.6 cm³/mol. The second kappa shape index (κ2) is 7.23. The third kappa shape index (κ3) is 3.68. The zero-order valence-corrected chi connectivity index (χ0v) is 15.4. The maximum Gasteiger partial charge on any atom is 0.139 e. The molecule has 1 unspecified atom stereocenters. The summed E-state index contributed by atoms with van der Waals surface area (Å²) in [6.45, 7) is 4.41. The highest BCUT2D eigenvalue weighted by Crippen LogP contribution is 2.42. The van der Waals surface area contributed by atoms with Gasteiger partial charge in [0.2, 0.25) is 0 Å². The lowest BCUT2D eigenvalue weighted by Crippen LogP contribution is -1.98. The van der Waals surface area contributed by atoms with Crippen molar-refractivity contribution in [1.82, 2.24) is 0 Å². The van der Waals surface area contributed by atoms with Crippen molar-refractivity contribution in [3.63, 3.8) is 0 Å². The zero-order chi connectivity index (χ0) is 15.6. The quantitative estimate of drug-likeness (QED) is 0.503. The molecule has 2 aromatic carbocycles. The highest BCUT2D eigenvalue weighted by Gasteiger charge is 2.19. The Balaban J connectivity index is 2.46. The summed E-state index contributed by atoms with van der Waals surface area (Å²) in [5, 5.41) is 1.84. The van der Waals surface area contributed by atoms with Crippen LogP contribution in [0.2, 0.25) is 15.1 Å². The largest absolute Gasteiger partial charge is 0.492 e. The fourth-order valence-corrected chi connectivity index (χ4v) is 3.79. The monoisotopic (exact) mass is 406 g/mol. The molecule has 0 N–H and O–H groups in total. The first-order chi connectivity index (χ1) is 9.95. The van der Waals surface area contributed by atoms with E-state index in [0.717, 1.165) is 21.7 Å². The van der Waals surface area contributed by atoms with Crippen molar-refractivity contribution in [2.24, 2.45) is 0 Å². The highest BCUT2D eigenvalue weighted by molar-refractivity contribution is 9.09. The summed E-state index contributed by atoms with van der Waals surface area (Å²) in [4.78, 5) is -0.134. The highest BCUT2D eigenvalue weighted by atomic mass is 79.9. The van der Waals surface area contributed by atoms with Gasteiger partial charge in [0.05, 0.1) is 16.5 Å². The van der Waals surface area contributed by atoms with Gasteiger partial charge in [0.25, 0.3) is 0 Å². The molecule has 2 rings (SSSR count). The number of alkyl halides is 1. The van der Waals surface area contributed by atoms with E-state index in [-0.39, 0.29) is 4.83 Å². The average molecular weight is 409 g/mol. The lowest BCUT2D eigenvalue weighted by molar-refractivity contribution is 0.340. The van der Waals surface area contributed by atoms with Crippen LogP contribution in [0.1, 0.15) is 28.4 Å². The van der Waals surface area contributed by atoms with Crippen LogP contribution in [0.15, 0.2) is 30.3 Å². The van der Waals surface area contributed by atoms with Gasteiger partial charge >= 0.3 is 0 Å². The number of aryl methyl sites for hydroxylation is 1. The molecule has 0 fully saturated rings. The number of halogens is 4. The molecular formula is C16H14BrCl3O. The van der Waals surface area contributed by atoms with Gasteiger partial charge in [-0.05, 0) is 36.6 Å². The molecule has 0 amide bonds. The van der Waals surface area contributed by atoms with Crippen LogP contribution in [0.4, 0.5) is 0 Å². The number of ether oxygens (including phenoxy) is 1. The molecule has 112 valence electrons. The maximum atomic E-state index is 6.38. The van der Waals surface area contributed by atoms with E-state index >= 15 is 0 Å². The Bertz CT molecular complexity index is 658. The van der Waals surface area contributed by atoms with Gasteiger partial charge in [-0.3, -0.25) is 0 Å². The molecule has 21 heavy (non-hydrogen) atoms. The maximum absolute atomic E-state index is 6.38. The second-order valence-electron chi connectivity index (χ2n) is 4.58. The predicted octanol–water partition coefficient (Wildman–Crippen LogP) is 6.84. The number of rotatable bonds is 4. The van der Waals surface area contributed by atoms with Crippen LogP contribution in [0.25, 0.3) is 0 Å². The fraction of sp³-hybridized carbons (Fsp3) is 0.250. The Morgan fingerprint density at radius 3 is 2.48 bits per heavy atom. The topological polar surface area (TPSA) is 9.23 Å².